The predicted octanol–water partition coefficient (Wildman–Crippen LogP) is 4.09. The molecule has 0 aliphatic carbocycles. The average molecular weight is 495 g/mol. The number of halogens is 1. The summed E-state index contributed by atoms with van der Waals surface area (Å²) >= 11 is 6.17. The predicted molar refractivity (Wildman–Crippen MR) is 129 cm³/mol. The summed E-state index contributed by atoms with van der Waals surface area (Å²) in [5.74, 6) is 0.873. The first kappa shape index (κ1) is 25.3. The third-order valence-electron chi connectivity index (χ3n) is 5.54. The van der Waals surface area contributed by atoms with Gasteiger partial charge >= 0.3 is 0 Å². The Bertz CT molecular complexity index is 1040. The molecule has 0 bridgehead atoms. The van der Waals surface area contributed by atoms with E-state index in [-0.39, 0.29) is 17.4 Å². The largest absolute Gasteiger partial charge is 0.492 e. The molecule has 2 aromatic rings. The van der Waals surface area contributed by atoms with Crippen LogP contribution in [0.2, 0.25) is 5.02 Å². The van der Waals surface area contributed by atoms with E-state index in [9.17, 15) is 13.2 Å². The highest BCUT2D eigenvalue weighted by Gasteiger charge is 2.25. The number of nitrogens with zero attached hydrogens (tertiary/aromatic N) is 1. The topological polar surface area (TPSA) is 84.9 Å². The van der Waals surface area contributed by atoms with Crippen molar-refractivity contribution in [3.05, 3.63) is 52.5 Å². The number of piperidine rings is 1. The molecule has 1 aliphatic rings. The van der Waals surface area contributed by atoms with Gasteiger partial charge in [-0.05, 0) is 81.1 Å². The molecule has 7 nitrogen and oxygen atoms in total. The number of amides is 1. The first-order valence-electron chi connectivity index (χ1n) is 11.1. The van der Waals surface area contributed by atoms with Gasteiger partial charge in [0.05, 0.1) is 11.4 Å². The number of hydrogen-bond donors (Lipinski definition) is 1. The molecule has 1 fully saturated rings. The highest BCUT2D eigenvalue weighted by atomic mass is 35.5. The van der Waals surface area contributed by atoms with Crippen LogP contribution in [-0.2, 0) is 14.8 Å². The van der Waals surface area contributed by atoms with Gasteiger partial charge in [0.1, 0.15) is 18.1 Å². The molecular weight excluding hydrogens is 464 g/mol. The summed E-state index contributed by atoms with van der Waals surface area (Å²) in [6.45, 7) is 7.13. The average Bonchev–Trinajstić information content (AvgIpc) is 2.81. The van der Waals surface area contributed by atoms with Crippen molar-refractivity contribution in [2.24, 2.45) is 0 Å². The zero-order valence-electron chi connectivity index (χ0n) is 19.3. The third kappa shape index (κ3) is 6.62. The summed E-state index contributed by atoms with van der Waals surface area (Å²) in [5, 5.41) is 3.46. The summed E-state index contributed by atoms with van der Waals surface area (Å²) < 4.78 is 38.3. The third-order valence-corrected chi connectivity index (χ3v) is 8.05. The van der Waals surface area contributed by atoms with E-state index in [0.717, 1.165) is 30.4 Å². The molecule has 1 amide bonds. The molecule has 180 valence electrons. The molecule has 1 saturated heterocycles. The van der Waals surface area contributed by atoms with E-state index in [1.54, 1.807) is 43.3 Å². The maximum absolute atomic E-state index is 12.7. The van der Waals surface area contributed by atoms with Crippen LogP contribution in [0, 0.1) is 13.8 Å². The Labute approximate surface area is 201 Å². The van der Waals surface area contributed by atoms with E-state index in [4.69, 9.17) is 21.1 Å². The Kier molecular flexibility index (Phi) is 8.62. The molecule has 0 radical (unpaired) electrons. The molecule has 33 heavy (non-hydrogen) atoms. The normalized spacial score (nSPS) is 15.6. The second-order valence-corrected chi connectivity index (χ2v) is 10.5. The van der Waals surface area contributed by atoms with Crippen LogP contribution in [-0.4, -0.2) is 51.0 Å². The first-order valence-corrected chi connectivity index (χ1v) is 12.9. The highest BCUT2D eigenvalue weighted by molar-refractivity contribution is 7.89. The van der Waals surface area contributed by atoms with Gasteiger partial charge in [0.15, 0.2) is 6.10 Å². The van der Waals surface area contributed by atoms with Gasteiger partial charge in [0.2, 0.25) is 10.0 Å². The number of carbonyl (C=O) groups is 1. The second kappa shape index (κ2) is 11.2. The zero-order chi connectivity index (χ0) is 24.0. The molecule has 1 aliphatic heterocycles. The molecule has 1 unspecified atom stereocenters. The van der Waals surface area contributed by atoms with Crippen molar-refractivity contribution in [1.82, 2.24) is 9.62 Å². The standard InChI is InChI=1S/C24H31ClN2O5S/c1-17-15-21(16-18(2)23(17)25)32-19(3)24(28)26-11-14-31-20-7-9-22(10-8-20)33(29,30)27-12-5-4-6-13-27/h7-10,15-16,19H,4-6,11-14H2,1-3H3,(H,26,28). The summed E-state index contributed by atoms with van der Waals surface area (Å²) in [5.41, 5.74) is 1.78. The molecule has 2 aromatic carbocycles. The fraction of sp³-hybridized carbons (Fsp3) is 0.458. The van der Waals surface area contributed by atoms with Crippen LogP contribution in [0.3, 0.4) is 0 Å². The number of hydrogen-bond acceptors (Lipinski definition) is 5. The van der Waals surface area contributed by atoms with Crippen LogP contribution in [0.15, 0.2) is 41.3 Å². The van der Waals surface area contributed by atoms with E-state index >= 15 is 0 Å². The molecule has 0 spiro atoms. The lowest BCUT2D eigenvalue weighted by atomic mass is 10.1. The zero-order valence-corrected chi connectivity index (χ0v) is 20.8. The van der Waals surface area contributed by atoms with Crippen molar-refractivity contribution in [2.45, 2.75) is 51.0 Å². The van der Waals surface area contributed by atoms with Gasteiger partial charge in [-0.25, -0.2) is 8.42 Å². The van der Waals surface area contributed by atoms with Gasteiger partial charge in [-0.1, -0.05) is 18.0 Å². The molecule has 3 rings (SSSR count). The van der Waals surface area contributed by atoms with E-state index < -0.39 is 16.1 Å². The Balaban J connectivity index is 1.44. The SMILES string of the molecule is Cc1cc(OC(C)C(=O)NCCOc2ccc(S(=O)(=O)N3CCCCC3)cc2)cc(C)c1Cl. The van der Waals surface area contributed by atoms with Crippen LogP contribution >= 0.6 is 11.6 Å². The number of carbonyl (C=O) groups excluding carboxylic acids is 1. The Morgan fingerprint density at radius 1 is 1.06 bits per heavy atom. The molecular formula is C24H31ClN2O5S. The van der Waals surface area contributed by atoms with Crippen LogP contribution in [0.1, 0.15) is 37.3 Å². The second-order valence-electron chi connectivity index (χ2n) is 8.21. The highest BCUT2D eigenvalue weighted by Crippen LogP contribution is 2.26. The van der Waals surface area contributed by atoms with Gasteiger partial charge in [0, 0.05) is 18.1 Å². The van der Waals surface area contributed by atoms with Crippen molar-refractivity contribution in [2.75, 3.05) is 26.2 Å². The number of ether oxygens (including phenoxy) is 2. The minimum atomic E-state index is -3.46. The summed E-state index contributed by atoms with van der Waals surface area (Å²) in [4.78, 5) is 12.6. The maximum atomic E-state index is 12.7. The van der Waals surface area contributed by atoms with E-state index in [1.807, 2.05) is 13.8 Å². The molecule has 0 saturated carbocycles. The Morgan fingerprint density at radius 2 is 1.67 bits per heavy atom. The van der Waals surface area contributed by atoms with Crippen molar-refractivity contribution in [3.8, 4) is 11.5 Å². The number of benzene rings is 2. The van der Waals surface area contributed by atoms with Crippen molar-refractivity contribution in [1.29, 1.82) is 0 Å². The van der Waals surface area contributed by atoms with Gasteiger partial charge in [-0.3, -0.25) is 4.79 Å². The lowest BCUT2D eigenvalue weighted by molar-refractivity contribution is -0.127. The maximum Gasteiger partial charge on any atom is 0.260 e. The quantitative estimate of drug-likeness (QED) is 0.530. The van der Waals surface area contributed by atoms with Gasteiger partial charge in [-0.2, -0.15) is 4.31 Å². The lowest BCUT2D eigenvalue weighted by Gasteiger charge is -2.25. The minimum absolute atomic E-state index is 0.246. The van der Waals surface area contributed by atoms with Crippen LogP contribution < -0.4 is 14.8 Å². The molecule has 1 atom stereocenters. The van der Waals surface area contributed by atoms with Gasteiger partial charge in [0.25, 0.3) is 5.91 Å². The molecule has 1 heterocycles. The monoisotopic (exact) mass is 494 g/mol. The fourth-order valence-corrected chi connectivity index (χ4v) is 5.31. The summed E-state index contributed by atoms with van der Waals surface area (Å²) in [6.07, 6.45) is 2.19. The minimum Gasteiger partial charge on any atom is -0.492 e. The van der Waals surface area contributed by atoms with Crippen LogP contribution in [0.25, 0.3) is 0 Å². The van der Waals surface area contributed by atoms with E-state index in [1.165, 1.54) is 4.31 Å². The van der Waals surface area contributed by atoms with Crippen LogP contribution in [0.5, 0.6) is 11.5 Å². The lowest BCUT2D eigenvalue weighted by Crippen LogP contribution is -2.38. The van der Waals surface area contributed by atoms with Crippen molar-refractivity contribution in [3.63, 3.8) is 0 Å². The van der Waals surface area contributed by atoms with Crippen LogP contribution in [0.4, 0.5) is 0 Å². The summed E-state index contributed by atoms with van der Waals surface area (Å²) in [7, 11) is -3.46. The number of nitrogens with one attached hydrogen (secondary N) is 1. The van der Waals surface area contributed by atoms with Gasteiger partial charge in [-0.15, -0.1) is 0 Å². The number of sulfonamides is 1. The fourth-order valence-electron chi connectivity index (χ4n) is 3.68. The van der Waals surface area contributed by atoms with Crippen molar-refractivity contribution >= 4 is 27.5 Å². The van der Waals surface area contributed by atoms with Gasteiger partial charge < -0.3 is 14.8 Å². The smallest absolute Gasteiger partial charge is 0.260 e. The molecule has 1 N–H and O–H groups in total. The summed E-state index contributed by atoms with van der Waals surface area (Å²) in [6, 6.07) is 9.99. The number of rotatable bonds is 9. The number of aryl methyl sites for hydroxylation is 2. The van der Waals surface area contributed by atoms with E-state index in [2.05, 4.69) is 5.32 Å². The van der Waals surface area contributed by atoms with Crippen molar-refractivity contribution < 1.29 is 22.7 Å². The first-order chi connectivity index (χ1) is 15.7. The molecule has 9 heteroatoms. The molecule has 0 aromatic heterocycles. The Hall–Kier alpha value is -2.29. The Morgan fingerprint density at radius 3 is 2.27 bits per heavy atom. The van der Waals surface area contributed by atoms with E-state index in [0.29, 0.717) is 36.2 Å².